The molecular weight excluding hydrogens is 226 g/mol. The Labute approximate surface area is 96.6 Å². The van der Waals surface area contributed by atoms with Gasteiger partial charge in [-0.05, 0) is 13.1 Å². The van der Waals surface area contributed by atoms with Crippen LogP contribution >= 0.6 is 0 Å². The molecule has 2 rings (SSSR count). The minimum atomic E-state index is -0.595. The molecule has 0 fully saturated rings. The van der Waals surface area contributed by atoms with E-state index in [2.05, 4.69) is 10.3 Å². The molecule has 2 aromatic heterocycles. The van der Waals surface area contributed by atoms with Gasteiger partial charge in [0.2, 0.25) is 0 Å². The van der Waals surface area contributed by atoms with Crippen LogP contribution in [0.5, 0.6) is 0 Å². The molecule has 90 valence electrons. The van der Waals surface area contributed by atoms with Crippen molar-refractivity contribution in [3.8, 4) is 11.5 Å². The number of likely N-dealkylation sites (N-methyl/N-ethyl adjacent to an activating group) is 1. The predicted octanol–water partition coefficient (Wildman–Crippen LogP) is 1.60. The van der Waals surface area contributed by atoms with Crippen LogP contribution in [0.4, 0.5) is 5.88 Å². The van der Waals surface area contributed by atoms with E-state index in [0.29, 0.717) is 23.8 Å². The number of nitrogens with zero attached hydrogens (tertiary/aromatic N) is 2. The van der Waals surface area contributed by atoms with E-state index in [4.69, 9.17) is 8.83 Å². The Morgan fingerprint density at radius 2 is 2.24 bits per heavy atom. The molecule has 2 aromatic rings. The summed E-state index contributed by atoms with van der Waals surface area (Å²) < 4.78 is 10.4. The highest BCUT2D eigenvalue weighted by atomic mass is 16.6. The fourth-order valence-electron chi connectivity index (χ4n) is 1.33. The van der Waals surface area contributed by atoms with Crippen molar-refractivity contribution in [2.45, 2.75) is 6.42 Å². The summed E-state index contributed by atoms with van der Waals surface area (Å²) in [6.07, 6.45) is 2.15. The van der Waals surface area contributed by atoms with E-state index >= 15 is 0 Å². The van der Waals surface area contributed by atoms with Crippen LogP contribution in [-0.4, -0.2) is 23.5 Å². The van der Waals surface area contributed by atoms with Gasteiger partial charge in [-0.1, -0.05) is 0 Å². The fourth-order valence-corrected chi connectivity index (χ4v) is 1.33. The zero-order valence-electron chi connectivity index (χ0n) is 9.17. The molecule has 0 aliphatic heterocycles. The Balaban J connectivity index is 2.15. The van der Waals surface area contributed by atoms with Crippen molar-refractivity contribution in [3.05, 3.63) is 34.3 Å². The van der Waals surface area contributed by atoms with Gasteiger partial charge in [-0.3, -0.25) is 10.1 Å². The van der Waals surface area contributed by atoms with Crippen LogP contribution < -0.4 is 5.32 Å². The van der Waals surface area contributed by atoms with Crippen molar-refractivity contribution in [1.29, 1.82) is 0 Å². The number of nitro groups is 1. The zero-order valence-corrected chi connectivity index (χ0v) is 9.17. The van der Waals surface area contributed by atoms with Crippen LogP contribution in [-0.2, 0) is 6.42 Å². The maximum atomic E-state index is 10.4. The first-order valence-electron chi connectivity index (χ1n) is 5.04. The molecule has 0 amide bonds. The quantitative estimate of drug-likeness (QED) is 0.627. The van der Waals surface area contributed by atoms with Crippen LogP contribution in [0, 0.1) is 10.1 Å². The van der Waals surface area contributed by atoms with E-state index < -0.39 is 4.92 Å². The number of nitrogens with one attached hydrogen (secondary N) is 1. The first kappa shape index (κ1) is 11.3. The smallest absolute Gasteiger partial charge is 0.433 e. The molecule has 0 spiro atoms. The highest BCUT2D eigenvalue weighted by molar-refractivity contribution is 5.50. The molecule has 0 aromatic carbocycles. The monoisotopic (exact) mass is 237 g/mol. The molecule has 7 heteroatoms. The SMILES string of the molecule is CNCCc1ncc(-c2ccc([N+](=O)[O-])o2)o1. The molecule has 0 aliphatic rings. The van der Waals surface area contributed by atoms with Gasteiger partial charge in [0.15, 0.2) is 17.4 Å². The lowest BCUT2D eigenvalue weighted by atomic mass is 10.4. The highest BCUT2D eigenvalue weighted by Crippen LogP contribution is 2.26. The van der Waals surface area contributed by atoms with Gasteiger partial charge in [0, 0.05) is 13.0 Å². The van der Waals surface area contributed by atoms with Gasteiger partial charge in [-0.15, -0.1) is 0 Å². The van der Waals surface area contributed by atoms with Crippen molar-refractivity contribution in [2.24, 2.45) is 0 Å². The van der Waals surface area contributed by atoms with Gasteiger partial charge in [0.1, 0.15) is 4.92 Å². The largest absolute Gasteiger partial charge is 0.437 e. The summed E-state index contributed by atoms with van der Waals surface area (Å²) in [5.41, 5.74) is 0. The summed E-state index contributed by atoms with van der Waals surface area (Å²) in [6, 6.07) is 2.77. The van der Waals surface area contributed by atoms with E-state index in [-0.39, 0.29) is 5.88 Å². The average molecular weight is 237 g/mol. The molecule has 2 heterocycles. The summed E-state index contributed by atoms with van der Waals surface area (Å²) in [4.78, 5) is 13.9. The van der Waals surface area contributed by atoms with Gasteiger partial charge >= 0.3 is 5.88 Å². The van der Waals surface area contributed by atoms with Crippen molar-refractivity contribution >= 4 is 5.88 Å². The Morgan fingerprint density at radius 3 is 2.88 bits per heavy atom. The number of furan rings is 1. The van der Waals surface area contributed by atoms with Crippen LogP contribution in [0.25, 0.3) is 11.5 Å². The molecule has 0 aliphatic carbocycles. The van der Waals surface area contributed by atoms with E-state index in [1.165, 1.54) is 18.3 Å². The number of aromatic nitrogens is 1. The summed E-state index contributed by atoms with van der Waals surface area (Å²) in [5.74, 6) is 0.950. The Morgan fingerprint density at radius 1 is 1.41 bits per heavy atom. The average Bonchev–Trinajstić information content (AvgIpc) is 2.94. The first-order chi connectivity index (χ1) is 8.20. The number of hydrogen-bond donors (Lipinski definition) is 1. The third-order valence-corrected chi connectivity index (χ3v) is 2.16. The minimum Gasteiger partial charge on any atom is -0.437 e. The van der Waals surface area contributed by atoms with E-state index in [0.717, 1.165) is 6.54 Å². The predicted molar refractivity (Wildman–Crippen MR) is 58.5 cm³/mol. The molecule has 1 N–H and O–H groups in total. The molecule has 0 saturated carbocycles. The Bertz CT molecular complexity index is 517. The molecular formula is C10H11N3O4. The van der Waals surface area contributed by atoms with Crippen molar-refractivity contribution < 1.29 is 13.8 Å². The topological polar surface area (TPSA) is 94.3 Å². The van der Waals surface area contributed by atoms with Gasteiger partial charge in [0.25, 0.3) is 0 Å². The lowest BCUT2D eigenvalue weighted by molar-refractivity contribution is -0.401. The van der Waals surface area contributed by atoms with E-state index in [9.17, 15) is 10.1 Å². The second-order valence-corrected chi connectivity index (χ2v) is 3.37. The fraction of sp³-hybridized carbons (Fsp3) is 0.300. The van der Waals surface area contributed by atoms with Crippen LogP contribution in [0.2, 0.25) is 0 Å². The third-order valence-electron chi connectivity index (χ3n) is 2.16. The molecule has 0 atom stereocenters. The highest BCUT2D eigenvalue weighted by Gasteiger charge is 2.16. The van der Waals surface area contributed by atoms with Crippen molar-refractivity contribution in [1.82, 2.24) is 10.3 Å². The second-order valence-electron chi connectivity index (χ2n) is 3.37. The molecule has 0 radical (unpaired) electrons. The van der Waals surface area contributed by atoms with Crippen LogP contribution in [0.15, 0.2) is 27.2 Å². The van der Waals surface area contributed by atoms with E-state index in [1.54, 1.807) is 0 Å². The Hall–Kier alpha value is -2.15. The molecule has 0 unspecified atom stereocenters. The third kappa shape index (κ3) is 2.51. The van der Waals surface area contributed by atoms with Crippen molar-refractivity contribution in [2.75, 3.05) is 13.6 Å². The lowest BCUT2D eigenvalue weighted by Gasteiger charge is -1.93. The molecule has 7 nitrogen and oxygen atoms in total. The van der Waals surface area contributed by atoms with E-state index in [1.807, 2.05) is 7.05 Å². The molecule has 0 bridgehead atoms. The van der Waals surface area contributed by atoms with Crippen LogP contribution in [0.1, 0.15) is 5.89 Å². The lowest BCUT2D eigenvalue weighted by Crippen LogP contribution is -2.10. The zero-order chi connectivity index (χ0) is 12.3. The maximum absolute atomic E-state index is 10.4. The van der Waals surface area contributed by atoms with Gasteiger partial charge in [-0.2, -0.15) is 0 Å². The summed E-state index contributed by atoms with van der Waals surface area (Å²) in [6.45, 7) is 0.748. The second kappa shape index (κ2) is 4.79. The summed E-state index contributed by atoms with van der Waals surface area (Å²) >= 11 is 0. The molecule has 17 heavy (non-hydrogen) atoms. The summed E-state index contributed by atoms with van der Waals surface area (Å²) in [7, 11) is 1.83. The number of hydrogen-bond acceptors (Lipinski definition) is 6. The minimum absolute atomic E-state index is 0.305. The van der Waals surface area contributed by atoms with Crippen LogP contribution in [0.3, 0.4) is 0 Å². The number of rotatable bonds is 5. The van der Waals surface area contributed by atoms with Gasteiger partial charge in [0.05, 0.1) is 12.3 Å². The standard InChI is InChI=1S/C10H11N3O4/c1-11-5-4-9-12-6-8(16-9)7-2-3-10(17-7)13(14)15/h2-3,6,11H,4-5H2,1H3. The Kier molecular flexibility index (Phi) is 3.20. The normalized spacial score (nSPS) is 10.6. The maximum Gasteiger partial charge on any atom is 0.433 e. The van der Waals surface area contributed by atoms with Crippen molar-refractivity contribution in [3.63, 3.8) is 0 Å². The number of oxazole rings is 1. The van der Waals surface area contributed by atoms with Gasteiger partial charge in [-0.25, -0.2) is 4.98 Å². The van der Waals surface area contributed by atoms with Gasteiger partial charge < -0.3 is 14.2 Å². The first-order valence-corrected chi connectivity index (χ1v) is 5.04. The molecule has 0 saturated heterocycles. The summed E-state index contributed by atoms with van der Waals surface area (Å²) in [5, 5.41) is 13.4.